The fourth-order valence-electron chi connectivity index (χ4n) is 4.66. The summed E-state index contributed by atoms with van der Waals surface area (Å²) < 4.78 is 0. The van der Waals surface area contributed by atoms with Gasteiger partial charge in [0.1, 0.15) is 0 Å². The fourth-order valence-corrected chi connectivity index (χ4v) is 4.66. The Bertz CT molecular complexity index is 817. The van der Waals surface area contributed by atoms with E-state index in [9.17, 15) is 4.79 Å². The number of piperidine rings is 2. The molecule has 0 radical (unpaired) electrons. The molecule has 0 atom stereocenters. The molecule has 4 rings (SSSR count). The summed E-state index contributed by atoms with van der Waals surface area (Å²) in [7, 11) is 0. The fraction of sp³-hybridized carbons (Fsp3) is 0.519. The Morgan fingerprint density at radius 3 is 1.90 bits per heavy atom. The summed E-state index contributed by atoms with van der Waals surface area (Å²) >= 11 is 0. The van der Waals surface area contributed by atoms with Crippen LogP contribution in [0, 0.1) is 5.92 Å². The zero-order valence-corrected chi connectivity index (χ0v) is 19.0. The number of amides is 1. The summed E-state index contributed by atoms with van der Waals surface area (Å²) in [5.41, 5.74) is 4.52. The summed E-state index contributed by atoms with van der Waals surface area (Å²) in [5, 5.41) is 3.06. The van der Waals surface area contributed by atoms with E-state index in [-0.39, 0.29) is 5.91 Å². The minimum Gasteiger partial charge on any atom is -0.348 e. The number of likely N-dealkylation sites (tertiary alicyclic amines) is 2. The van der Waals surface area contributed by atoms with Gasteiger partial charge in [-0.3, -0.25) is 14.6 Å². The smallest absolute Gasteiger partial charge is 0.251 e. The molecule has 2 aromatic carbocycles. The second kappa shape index (κ2) is 10.9. The third-order valence-corrected chi connectivity index (χ3v) is 6.83. The van der Waals surface area contributed by atoms with E-state index < -0.39 is 0 Å². The molecule has 0 spiro atoms. The second-order valence-corrected chi connectivity index (χ2v) is 9.49. The van der Waals surface area contributed by atoms with E-state index in [0.717, 1.165) is 30.1 Å². The number of rotatable bonds is 7. The SMILES string of the molecule is CC1CCN(Cc2ccc(C(=O)NCc3ccc(CN4CCCCC4)cc3)cc2)CC1. The first-order chi connectivity index (χ1) is 15.2. The van der Waals surface area contributed by atoms with Gasteiger partial charge in [-0.25, -0.2) is 0 Å². The van der Waals surface area contributed by atoms with E-state index >= 15 is 0 Å². The van der Waals surface area contributed by atoms with Gasteiger partial charge in [0.25, 0.3) is 5.91 Å². The highest BCUT2D eigenvalue weighted by molar-refractivity contribution is 5.94. The molecule has 2 heterocycles. The quantitative estimate of drug-likeness (QED) is 0.698. The van der Waals surface area contributed by atoms with Crippen LogP contribution in [0.15, 0.2) is 48.5 Å². The average molecular weight is 420 g/mol. The van der Waals surface area contributed by atoms with Crippen molar-refractivity contribution in [3.63, 3.8) is 0 Å². The summed E-state index contributed by atoms with van der Waals surface area (Å²) in [4.78, 5) is 17.6. The van der Waals surface area contributed by atoms with Crippen LogP contribution in [-0.2, 0) is 19.6 Å². The summed E-state index contributed by atoms with van der Waals surface area (Å²) in [5.74, 6) is 0.851. The molecule has 0 aromatic heterocycles. The van der Waals surface area contributed by atoms with E-state index in [0.29, 0.717) is 6.54 Å². The highest BCUT2D eigenvalue weighted by Gasteiger charge is 2.16. The molecule has 0 unspecified atom stereocenters. The van der Waals surface area contributed by atoms with Crippen LogP contribution in [0.25, 0.3) is 0 Å². The first-order valence-electron chi connectivity index (χ1n) is 12.1. The largest absolute Gasteiger partial charge is 0.348 e. The monoisotopic (exact) mass is 419 g/mol. The Morgan fingerprint density at radius 1 is 0.774 bits per heavy atom. The predicted octanol–water partition coefficient (Wildman–Crippen LogP) is 4.83. The van der Waals surface area contributed by atoms with Gasteiger partial charge in [-0.15, -0.1) is 0 Å². The lowest BCUT2D eigenvalue weighted by molar-refractivity contribution is 0.0951. The molecule has 1 amide bonds. The molecule has 0 saturated carbocycles. The molecule has 0 aliphatic carbocycles. The van der Waals surface area contributed by atoms with Crippen molar-refractivity contribution in [3.05, 3.63) is 70.8 Å². The maximum Gasteiger partial charge on any atom is 0.251 e. The molecular weight excluding hydrogens is 382 g/mol. The molecular formula is C27H37N3O. The van der Waals surface area contributed by atoms with Crippen LogP contribution in [0.1, 0.15) is 66.1 Å². The Morgan fingerprint density at radius 2 is 1.29 bits per heavy atom. The molecule has 166 valence electrons. The molecule has 2 aliphatic rings. The molecule has 2 saturated heterocycles. The van der Waals surface area contributed by atoms with Crippen LogP contribution < -0.4 is 5.32 Å². The molecule has 4 heteroatoms. The van der Waals surface area contributed by atoms with Crippen LogP contribution >= 0.6 is 0 Å². The number of nitrogens with zero attached hydrogens (tertiary/aromatic N) is 2. The number of carbonyl (C=O) groups is 1. The van der Waals surface area contributed by atoms with Crippen molar-refractivity contribution in [1.82, 2.24) is 15.1 Å². The summed E-state index contributed by atoms with van der Waals surface area (Å²) in [6.07, 6.45) is 6.60. The number of hydrogen-bond acceptors (Lipinski definition) is 3. The Kier molecular flexibility index (Phi) is 7.76. The van der Waals surface area contributed by atoms with Crippen molar-refractivity contribution in [2.75, 3.05) is 26.2 Å². The zero-order valence-electron chi connectivity index (χ0n) is 19.0. The third kappa shape index (κ3) is 6.65. The van der Waals surface area contributed by atoms with Crippen molar-refractivity contribution >= 4 is 5.91 Å². The van der Waals surface area contributed by atoms with Gasteiger partial charge < -0.3 is 5.32 Å². The molecule has 2 aromatic rings. The van der Waals surface area contributed by atoms with Crippen molar-refractivity contribution in [1.29, 1.82) is 0 Å². The van der Waals surface area contributed by atoms with Crippen LogP contribution in [0.4, 0.5) is 0 Å². The summed E-state index contributed by atoms with van der Waals surface area (Å²) in [6, 6.07) is 16.8. The lowest BCUT2D eigenvalue weighted by Gasteiger charge is -2.30. The number of hydrogen-bond donors (Lipinski definition) is 1. The lowest BCUT2D eigenvalue weighted by Crippen LogP contribution is -2.32. The predicted molar refractivity (Wildman–Crippen MR) is 127 cm³/mol. The average Bonchev–Trinajstić information content (AvgIpc) is 2.81. The normalized spacial score (nSPS) is 18.7. The lowest BCUT2D eigenvalue weighted by atomic mass is 9.99. The Balaban J connectivity index is 1.22. The van der Waals surface area contributed by atoms with Gasteiger partial charge in [-0.05, 0) is 86.6 Å². The molecule has 4 nitrogen and oxygen atoms in total. The van der Waals surface area contributed by atoms with Crippen molar-refractivity contribution in [2.24, 2.45) is 5.92 Å². The van der Waals surface area contributed by atoms with Gasteiger partial charge >= 0.3 is 0 Å². The zero-order chi connectivity index (χ0) is 21.5. The first-order valence-corrected chi connectivity index (χ1v) is 12.1. The molecule has 31 heavy (non-hydrogen) atoms. The van der Waals surface area contributed by atoms with Crippen molar-refractivity contribution in [3.8, 4) is 0 Å². The van der Waals surface area contributed by atoms with Crippen molar-refractivity contribution < 1.29 is 4.79 Å². The van der Waals surface area contributed by atoms with Crippen LogP contribution in [0.2, 0.25) is 0 Å². The van der Waals surface area contributed by atoms with Gasteiger partial charge in [0.15, 0.2) is 0 Å². The van der Waals surface area contributed by atoms with Gasteiger partial charge in [0, 0.05) is 25.2 Å². The van der Waals surface area contributed by atoms with Gasteiger partial charge in [-0.2, -0.15) is 0 Å². The standard InChI is InChI=1S/C27H37N3O/c1-22-13-17-30(18-14-22)21-25-9-11-26(12-10-25)27(31)28-19-23-5-7-24(8-6-23)20-29-15-3-2-4-16-29/h5-12,22H,2-4,13-21H2,1H3,(H,28,31). The van der Waals surface area contributed by atoms with E-state index in [2.05, 4.69) is 58.4 Å². The van der Waals surface area contributed by atoms with Crippen LogP contribution in [0.3, 0.4) is 0 Å². The minimum atomic E-state index is -0.00394. The maximum atomic E-state index is 12.6. The third-order valence-electron chi connectivity index (χ3n) is 6.83. The van der Waals surface area contributed by atoms with E-state index in [1.54, 1.807) is 0 Å². The van der Waals surface area contributed by atoms with Crippen molar-refractivity contribution in [2.45, 2.75) is 58.7 Å². The molecule has 2 aliphatic heterocycles. The molecule has 1 N–H and O–H groups in total. The van der Waals surface area contributed by atoms with Crippen LogP contribution in [-0.4, -0.2) is 41.9 Å². The second-order valence-electron chi connectivity index (χ2n) is 9.49. The molecule has 0 bridgehead atoms. The van der Waals surface area contributed by atoms with Gasteiger partial charge in [0.2, 0.25) is 0 Å². The number of carbonyl (C=O) groups excluding carboxylic acids is 1. The Hall–Kier alpha value is -2.17. The maximum absolute atomic E-state index is 12.6. The highest BCUT2D eigenvalue weighted by Crippen LogP contribution is 2.18. The molecule has 2 fully saturated rings. The van der Waals surface area contributed by atoms with Gasteiger partial charge in [-0.1, -0.05) is 49.7 Å². The van der Waals surface area contributed by atoms with E-state index in [1.165, 1.54) is 69.4 Å². The number of nitrogens with one attached hydrogen (secondary N) is 1. The minimum absolute atomic E-state index is 0.00394. The first kappa shape index (κ1) is 22.0. The highest BCUT2D eigenvalue weighted by atomic mass is 16.1. The summed E-state index contributed by atoms with van der Waals surface area (Å²) in [6.45, 7) is 9.72. The van der Waals surface area contributed by atoms with E-state index in [1.807, 2.05) is 12.1 Å². The topological polar surface area (TPSA) is 35.6 Å². The van der Waals surface area contributed by atoms with E-state index in [4.69, 9.17) is 0 Å². The van der Waals surface area contributed by atoms with Gasteiger partial charge in [0.05, 0.1) is 0 Å². The van der Waals surface area contributed by atoms with Crippen LogP contribution in [0.5, 0.6) is 0 Å². The number of benzene rings is 2. The Labute approximate surface area is 187 Å².